The van der Waals surface area contributed by atoms with Gasteiger partial charge in [0.15, 0.2) is 0 Å². The molecule has 2 aliphatic heterocycles. The molecule has 0 spiro atoms. The molecule has 2 unspecified atom stereocenters. The molecule has 0 amide bonds. The molecule has 2 saturated heterocycles. The van der Waals surface area contributed by atoms with Crippen LogP contribution in [0.2, 0.25) is 0 Å². The molecule has 0 radical (unpaired) electrons. The predicted octanol–water partition coefficient (Wildman–Crippen LogP) is 3.00. The number of halogens is 1. The van der Waals surface area contributed by atoms with E-state index in [1.807, 2.05) is 0 Å². The molecule has 1 N–H and O–H groups in total. The third-order valence-corrected chi connectivity index (χ3v) is 4.44. The molecule has 2 nitrogen and oxygen atoms in total. The van der Waals surface area contributed by atoms with Gasteiger partial charge < -0.3 is 5.32 Å². The van der Waals surface area contributed by atoms with Crippen molar-refractivity contribution in [1.82, 2.24) is 10.2 Å². The van der Waals surface area contributed by atoms with Crippen LogP contribution in [0.15, 0.2) is 24.3 Å². The molecule has 2 heterocycles. The first-order chi connectivity index (χ1) is 8.83. The van der Waals surface area contributed by atoms with Crippen molar-refractivity contribution >= 4 is 12.4 Å². The van der Waals surface area contributed by atoms with Crippen LogP contribution in [0.1, 0.15) is 37.3 Å². The van der Waals surface area contributed by atoms with E-state index >= 15 is 0 Å². The number of fused-ring (bicyclic) bond motifs is 2. The SMILES string of the molecule is CCc1ccc(CN2CCC3CCC(C2)N3)cc1.Cl. The van der Waals surface area contributed by atoms with Crippen molar-refractivity contribution in [2.24, 2.45) is 0 Å². The Morgan fingerprint density at radius 1 is 1.05 bits per heavy atom. The van der Waals surface area contributed by atoms with Gasteiger partial charge in [0.1, 0.15) is 0 Å². The van der Waals surface area contributed by atoms with Gasteiger partial charge >= 0.3 is 0 Å². The van der Waals surface area contributed by atoms with E-state index in [0.717, 1.165) is 25.0 Å². The van der Waals surface area contributed by atoms with Crippen LogP contribution in [-0.2, 0) is 13.0 Å². The molecule has 106 valence electrons. The lowest BCUT2D eigenvalue weighted by molar-refractivity contribution is 0.251. The first kappa shape index (κ1) is 14.8. The van der Waals surface area contributed by atoms with Crippen LogP contribution in [0.25, 0.3) is 0 Å². The fraction of sp³-hybridized carbons (Fsp3) is 0.625. The van der Waals surface area contributed by atoms with Crippen molar-refractivity contribution in [2.45, 2.75) is 51.2 Å². The van der Waals surface area contributed by atoms with Gasteiger partial charge in [-0.2, -0.15) is 0 Å². The minimum Gasteiger partial charge on any atom is -0.310 e. The molecular weight excluding hydrogens is 256 g/mol. The summed E-state index contributed by atoms with van der Waals surface area (Å²) >= 11 is 0. The van der Waals surface area contributed by atoms with Crippen LogP contribution in [0, 0.1) is 0 Å². The van der Waals surface area contributed by atoms with E-state index in [1.165, 1.54) is 43.5 Å². The summed E-state index contributed by atoms with van der Waals surface area (Å²) in [6, 6.07) is 10.7. The predicted molar refractivity (Wildman–Crippen MR) is 82.9 cm³/mol. The Kier molecular flexibility index (Phi) is 5.26. The number of benzene rings is 1. The quantitative estimate of drug-likeness (QED) is 0.916. The normalized spacial score (nSPS) is 26.8. The zero-order valence-corrected chi connectivity index (χ0v) is 12.6. The van der Waals surface area contributed by atoms with E-state index in [-0.39, 0.29) is 12.4 Å². The Hall–Kier alpha value is -0.570. The molecule has 2 fully saturated rings. The number of nitrogens with zero attached hydrogens (tertiary/aromatic N) is 1. The molecule has 3 rings (SSSR count). The number of nitrogens with one attached hydrogen (secondary N) is 1. The molecular formula is C16H25ClN2. The van der Waals surface area contributed by atoms with Gasteiger partial charge in [0, 0.05) is 31.7 Å². The van der Waals surface area contributed by atoms with Crippen molar-refractivity contribution < 1.29 is 0 Å². The second-order valence-electron chi connectivity index (χ2n) is 5.83. The number of hydrogen-bond acceptors (Lipinski definition) is 2. The maximum Gasteiger partial charge on any atom is 0.0234 e. The molecule has 3 heteroatoms. The molecule has 2 bridgehead atoms. The summed E-state index contributed by atoms with van der Waals surface area (Å²) in [6.45, 7) is 5.82. The lowest BCUT2D eigenvalue weighted by atomic mass is 10.1. The summed E-state index contributed by atoms with van der Waals surface area (Å²) in [6.07, 6.45) is 5.22. The fourth-order valence-electron chi connectivity index (χ4n) is 3.30. The van der Waals surface area contributed by atoms with Crippen LogP contribution >= 0.6 is 12.4 Å². The molecule has 2 aliphatic rings. The second-order valence-corrected chi connectivity index (χ2v) is 5.83. The van der Waals surface area contributed by atoms with Gasteiger partial charge in [0.2, 0.25) is 0 Å². The fourth-order valence-corrected chi connectivity index (χ4v) is 3.30. The lowest BCUT2D eigenvalue weighted by Crippen LogP contribution is -2.34. The van der Waals surface area contributed by atoms with Gasteiger partial charge in [-0.05, 0) is 36.8 Å². The highest BCUT2D eigenvalue weighted by molar-refractivity contribution is 5.85. The van der Waals surface area contributed by atoms with E-state index in [2.05, 4.69) is 41.4 Å². The van der Waals surface area contributed by atoms with Crippen molar-refractivity contribution in [3.05, 3.63) is 35.4 Å². The molecule has 0 aromatic heterocycles. The van der Waals surface area contributed by atoms with Crippen molar-refractivity contribution in [1.29, 1.82) is 0 Å². The van der Waals surface area contributed by atoms with E-state index in [1.54, 1.807) is 0 Å². The topological polar surface area (TPSA) is 15.3 Å². The summed E-state index contributed by atoms with van der Waals surface area (Å²) in [4.78, 5) is 2.62. The number of rotatable bonds is 3. The molecule has 0 saturated carbocycles. The zero-order valence-electron chi connectivity index (χ0n) is 11.8. The molecule has 2 atom stereocenters. The summed E-state index contributed by atoms with van der Waals surface area (Å²) < 4.78 is 0. The average Bonchev–Trinajstić information content (AvgIpc) is 2.74. The Morgan fingerprint density at radius 2 is 1.74 bits per heavy atom. The monoisotopic (exact) mass is 280 g/mol. The van der Waals surface area contributed by atoms with E-state index in [9.17, 15) is 0 Å². The van der Waals surface area contributed by atoms with Crippen LogP contribution in [0.3, 0.4) is 0 Å². The Labute approximate surface area is 123 Å². The van der Waals surface area contributed by atoms with E-state index in [4.69, 9.17) is 0 Å². The van der Waals surface area contributed by atoms with Crippen molar-refractivity contribution in [2.75, 3.05) is 13.1 Å². The van der Waals surface area contributed by atoms with Crippen LogP contribution in [0.4, 0.5) is 0 Å². The maximum absolute atomic E-state index is 3.75. The van der Waals surface area contributed by atoms with Gasteiger partial charge in [0.05, 0.1) is 0 Å². The molecule has 0 aliphatic carbocycles. The first-order valence-corrected chi connectivity index (χ1v) is 7.39. The van der Waals surface area contributed by atoms with Gasteiger partial charge in [-0.25, -0.2) is 0 Å². The Balaban J connectivity index is 0.00000133. The summed E-state index contributed by atoms with van der Waals surface area (Å²) in [5.41, 5.74) is 2.90. The standard InChI is InChI=1S/C16H24N2.ClH/c1-2-13-3-5-14(6-4-13)11-18-10-9-15-7-8-16(12-18)17-15;/h3-6,15-17H,2,7-12H2,1H3;1H. The third kappa shape index (κ3) is 3.71. The molecule has 1 aromatic carbocycles. The lowest BCUT2D eigenvalue weighted by Gasteiger charge is -2.24. The smallest absolute Gasteiger partial charge is 0.0234 e. The van der Waals surface area contributed by atoms with Crippen molar-refractivity contribution in [3.8, 4) is 0 Å². The number of hydrogen-bond donors (Lipinski definition) is 1. The van der Waals surface area contributed by atoms with Gasteiger partial charge in [0.25, 0.3) is 0 Å². The van der Waals surface area contributed by atoms with Crippen LogP contribution in [-0.4, -0.2) is 30.1 Å². The minimum absolute atomic E-state index is 0. The van der Waals surface area contributed by atoms with Crippen LogP contribution < -0.4 is 5.32 Å². The molecule has 1 aromatic rings. The van der Waals surface area contributed by atoms with Crippen molar-refractivity contribution in [3.63, 3.8) is 0 Å². The zero-order chi connectivity index (χ0) is 12.4. The summed E-state index contributed by atoms with van der Waals surface area (Å²) in [5, 5.41) is 3.75. The Bertz CT molecular complexity index is 390. The first-order valence-electron chi connectivity index (χ1n) is 7.39. The van der Waals surface area contributed by atoms with Gasteiger partial charge in [-0.3, -0.25) is 4.90 Å². The highest BCUT2D eigenvalue weighted by Gasteiger charge is 2.28. The third-order valence-electron chi connectivity index (χ3n) is 4.44. The van der Waals surface area contributed by atoms with Gasteiger partial charge in [-0.15, -0.1) is 12.4 Å². The number of likely N-dealkylation sites (tertiary alicyclic amines) is 1. The highest BCUT2D eigenvalue weighted by atomic mass is 35.5. The van der Waals surface area contributed by atoms with Crippen LogP contribution in [0.5, 0.6) is 0 Å². The second kappa shape index (κ2) is 6.74. The number of aryl methyl sites for hydroxylation is 1. The largest absolute Gasteiger partial charge is 0.310 e. The summed E-state index contributed by atoms with van der Waals surface area (Å²) in [5.74, 6) is 0. The highest BCUT2D eigenvalue weighted by Crippen LogP contribution is 2.21. The average molecular weight is 281 g/mol. The van der Waals surface area contributed by atoms with E-state index in [0.29, 0.717) is 0 Å². The Morgan fingerprint density at radius 3 is 2.47 bits per heavy atom. The minimum atomic E-state index is 0. The maximum atomic E-state index is 3.75. The van der Waals surface area contributed by atoms with Gasteiger partial charge in [-0.1, -0.05) is 31.2 Å². The summed E-state index contributed by atoms with van der Waals surface area (Å²) in [7, 11) is 0. The van der Waals surface area contributed by atoms with E-state index < -0.39 is 0 Å². The molecule has 19 heavy (non-hydrogen) atoms.